The van der Waals surface area contributed by atoms with E-state index < -0.39 is 11.9 Å². The number of nitrogens with zero attached hydrogens (tertiary/aromatic N) is 1. The van der Waals surface area contributed by atoms with E-state index in [1.54, 1.807) is 6.07 Å². The second-order valence-corrected chi connectivity index (χ2v) is 7.69. The number of benzene rings is 2. The molecule has 30 heavy (non-hydrogen) atoms. The molecule has 0 aromatic heterocycles. The van der Waals surface area contributed by atoms with Gasteiger partial charge in [-0.15, -0.1) is 0 Å². The second-order valence-electron chi connectivity index (χ2n) is 7.69. The predicted molar refractivity (Wildman–Crippen MR) is 110 cm³/mol. The van der Waals surface area contributed by atoms with Crippen LogP contribution in [-0.4, -0.2) is 59.2 Å². The smallest absolute Gasteiger partial charge is 0.254 e. The first-order valence-electron chi connectivity index (χ1n) is 10.0. The van der Waals surface area contributed by atoms with E-state index in [9.17, 15) is 15.0 Å². The van der Waals surface area contributed by atoms with Gasteiger partial charge in [0.1, 0.15) is 24.2 Å². The summed E-state index contributed by atoms with van der Waals surface area (Å²) in [5.41, 5.74) is 0.447. The highest BCUT2D eigenvalue weighted by Crippen LogP contribution is 2.43. The third kappa shape index (κ3) is 4.60. The molecule has 3 N–H and O–H groups in total. The third-order valence-electron chi connectivity index (χ3n) is 5.24. The highest BCUT2D eigenvalue weighted by molar-refractivity contribution is 5.90. The SMILES string of the molecule is CC(=O)Nc1ccc(O)cc1OC[C@H](O)CN1CCC2(CC1)Oc1ccccc1O2. The maximum absolute atomic E-state index is 11.3. The number of hydrogen-bond acceptors (Lipinski definition) is 7. The van der Waals surface area contributed by atoms with Crippen molar-refractivity contribution >= 4 is 11.6 Å². The van der Waals surface area contributed by atoms with Crippen molar-refractivity contribution in [1.29, 1.82) is 0 Å². The van der Waals surface area contributed by atoms with Gasteiger partial charge in [0.05, 0.1) is 5.69 Å². The lowest BCUT2D eigenvalue weighted by molar-refractivity contribution is -0.122. The number of carbonyl (C=O) groups excluding carboxylic acids is 1. The summed E-state index contributed by atoms with van der Waals surface area (Å²) >= 11 is 0. The number of ether oxygens (including phenoxy) is 3. The molecule has 1 atom stereocenters. The molecule has 0 saturated carbocycles. The Labute approximate surface area is 175 Å². The largest absolute Gasteiger partial charge is 0.508 e. The summed E-state index contributed by atoms with van der Waals surface area (Å²) in [5, 5.41) is 22.7. The van der Waals surface area contributed by atoms with Gasteiger partial charge in [-0.1, -0.05) is 12.1 Å². The topological polar surface area (TPSA) is 100 Å². The molecule has 1 saturated heterocycles. The van der Waals surface area contributed by atoms with Gasteiger partial charge in [0, 0.05) is 45.5 Å². The van der Waals surface area contributed by atoms with Gasteiger partial charge in [0.25, 0.3) is 5.79 Å². The number of phenolic OH excluding ortho intramolecular Hbond substituents is 1. The number of fused-ring (bicyclic) bond motifs is 1. The van der Waals surface area contributed by atoms with Gasteiger partial charge in [0.15, 0.2) is 11.5 Å². The number of aromatic hydroxyl groups is 1. The van der Waals surface area contributed by atoms with Crippen molar-refractivity contribution in [1.82, 2.24) is 4.90 Å². The molecule has 2 aromatic carbocycles. The fourth-order valence-corrected chi connectivity index (χ4v) is 3.78. The molecule has 1 spiro atoms. The zero-order valence-electron chi connectivity index (χ0n) is 16.8. The van der Waals surface area contributed by atoms with Crippen LogP contribution < -0.4 is 19.5 Å². The third-order valence-corrected chi connectivity index (χ3v) is 5.24. The molecule has 2 aromatic rings. The van der Waals surface area contributed by atoms with E-state index >= 15 is 0 Å². The highest BCUT2D eigenvalue weighted by Gasteiger charge is 2.44. The molecule has 2 heterocycles. The molecule has 2 aliphatic rings. The summed E-state index contributed by atoms with van der Waals surface area (Å²) in [6.45, 7) is 3.33. The number of β-amino-alcohol motifs (C(OH)–C–C–N with tert-alkyl or cyclic N) is 1. The van der Waals surface area contributed by atoms with Gasteiger partial charge < -0.3 is 34.6 Å². The summed E-state index contributed by atoms with van der Waals surface area (Å²) < 4.78 is 17.8. The van der Waals surface area contributed by atoms with Crippen molar-refractivity contribution in [2.45, 2.75) is 31.7 Å². The van der Waals surface area contributed by atoms with Gasteiger partial charge >= 0.3 is 0 Å². The number of aliphatic hydroxyl groups is 1. The number of rotatable bonds is 6. The average molecular weight is 414 g/mol. The van der Waals surface area contributed by atoms with E-state index in [4.69, 9.17) is 14.2 Å². The predicted octanol–water partition coefficient (Wildman–Crippen LogP) is 2.35. The quantitative estimate of drug-likeness (QED) is 0.624. The Morgan fingerprint density at radius 1 is 1.20 bits per heavy atom. The van der Waals surface area contributed by atoms with E-state index in [1.807, 2.05) is 24.3 Å². The lowest BCUT2D eigenvalue weighted by Gasteiger charge is -2.38. The first kappa shape index (κ1) is 20.3. The van der Waals surface area contributed by atoms with Crippen LogP contribution >= 0.6 is 0 Å². The summed E-state index contributed by atoms with van der Waals surface area (Å²) in [6, 6.07) is 12.1. The molecule has 8 heteroatoms. The lowest BCUT2D eigenvalue weighted by Crippen LogP contribution is -2.51. The van der Waals surface area contributed by atoms with Crippen LogP contribution in [0.2, 0.25) is 0 Å². The van der Waals surface area contributed by atoms with E-state index in [0.717, 1.165) is 24.6 Å². The van der Waals surface area contributed by atoms with Crippen molar-refractivity contribution in [2.24, 2.45) is 0 Å². The van der Waals surface area contributed by atoms with Gasteiger partial charge in [-0.25, -0.2) is 0 Å². The van der Waals surface area contributed by atoms with Gasteiger partial charge in [-0.2, -0.15) is 0 Å². The molecule has 8 nitrogen and oxygen atoms in total. The Hall–Kier alpha value is -2.97. The minimum absolute atomic E-state index is 0.0208. The molecule has 1 amide bonds. The monoisotopic (exact) mass is 414 g/mol. The Morgan fingerprint density at radius 3 is 2.50 bits per heavy atom. The minimum atomic E-state index is -0.728. The van der Waals surface area contributed by atoms with E-state index in [2.05, 4.69) is 10.2 Å². The fourth-order valence-electron chi connectivity index (χ4n) is 3.78. The van der Waals surface area contributed by atoms with Crippen molar-refractivity contribution in [2.75, 3.05) is 31.6 Å². The standard InChI is InChI=1S/C22H26N2O6/c1-15(25)23-18-7-6-16(26)12-21(18)28-14-17(27)13-24-10-8-22(9-11-24)29-19-4-2-3-5-20(19)30-22/h2-7,12,17,26-27H,8-11,13-14H2,1H3,(H,23,25)/t17-/m1/s1. The number of para-hydroxylation sites is 2. The minimum Gasteiger partial charge on any atom is -0.508 e. The summed E-state index contributed by atoms with van der Waals surface area (Å²) in [5.74, 6) is 1.03. The molecule has 0 unspecified atom stereocenters. The van der Waals surface area contributed by atoms with Crippen LogP contribution in [0.15, 0.2) is 42.5 Å². The number of amides is 1. The van der Waals surface area contributed by atoms with Gasteiger partial charge in [0.2, 0.25) is 5.91 Å². The number of hydrogen-bond donors (Lipinski definition) is 3. The second kappa shape index (κ2) is 8.41. The number of anilines is 1. The number of phenols is 1. The van der Waals surface area contributed by atoms with E-state index in [0.29, 0.717) is 30.8 Å². The molecule has 160 valence electrons. The Bertz CT molecular complexity index is 883. The van der Waals surface area contributed by atoms with Crippen molar-refractivity contribution < 1.29 is 29.2 Å². The Morgan fingerprint density at radius 2 is 1.87 bits per heavy atom. The Balaban J connectivity index is 1.27. The van der Waals surface area contributed by atoms with Crippen molar-refractivity contribution in [3.05, 3.63) is 42.5 Å². The van der Waals surface area contributed by atoms with Crippen LogP contribution in [0, 0.1) is 0 Å². The van der Waals surface area contributed by atoms with Crippen LogP contribution in [0.1, 0.15) is 19.8 Å². The van der Waals surface area contributed by atoms with E-state index in [1.165, 1.54) is 19.1 Å². The van der Waals surface area contributed by atoms with Gasteiger partial charge in [-0.05, 0) is 24.3 Å². The molecule has 0 radical (unpaired) electrons. The van der Waals surface area contributed by atoms with Crippen molar-refractivity contribution in [3.63, 3.8) is 0 Å². The molecular weight excluding hydrogens is 388 g/mol. The van der Waals surface area contributed by atoms with Crippen LogP contribution in [0.3, 0.4) is 0 Å². The molecule has 0 aliphatic carbocycles. The average Bonchev–Trinajstić information content (AvgIpc) is 3.07. The Kier molecular flexibility index (Phi) is 5.69. The number of aliphatic hydroxyl groups excluding tert-OH is 1. The van der Waals surface area contributed by atoms with Crippen LogP contribution in [-0.2, 0) is 4.79 Å². The normalized spacial score (nSPS) is 18.2. The summed E-state index contributed by atoms with van der Waals surface area (Å²) in [7, 11) is 0. The van der Waals surface area contributed by atoms with Gasteiger partial charge in [-0.3, -0.25) is 4.79 Å². The first-order chi connectivity index (χ1) is 14.4. The molecule has 4 rings (SSSR count). The summed E-state index contributed by atoms with van der Waals surface area (Å²) in [6.07, 6.45) is 0.678. The molecule has 2 aliphatic heterocycles. The molecule has 0 bridgehead atoms. The zero-order chi connectivity index (χ0) is 21.1. The molecule has 1 fully saturated rings. The number of likely N-dealkylation sites (tertiary alicyclic amines) is 1. The van der Waals surface area contributed by atoms with Crippen LogP contribution in [0.25, 0.3) is 0 Å². The maximum Gasteiger partial charge on any atom is 0.254 e. The van der Waals surface area contributed by atoms with Crippen molar-refractivity contribution in [3.8, 4) is 23.0 Å². The lowest BCUT2D eigenvalue weighted by atomic mass is 10.0. The van der Waals surface area contributed by atoms with Crippen LogP contribution in [0.5, 0.6) is 23.0 Å². The maximum atomic E-state index is 11.3. The van der Waals surface area contributed by atoms with Crippen LogP contribution in [0.4, 0.5) is 5.69 Å². The highest BCUT2D eigenvalue weighted by atomic mass is 16.7. The number of piperidine rings is 1. The molecular formula is C22H26N2O6. The summed E-state index contributed by atoms with van der Waals surface area (Å²) in [4.78, 5) is 13.5. The fraction of sp³-hybridized carbons (Fsp3) is 0.409. The first-order valence-corrected chi connectivity index (χ1v) is 10.0. The number of carbonyl (C=O) groups is 1. The number of nitrogens with one attached hydrogen (secondary N) is 1. The zero-order valence-corrected chi connectivity index (χ0v) is 16.8. The van der Waals surface area contributed by atoms with E-state index in [-0.39, 0.29) is 18.3 Å².